The van der Waals surface area contributed by atoms with E-state index in [9.17, 15) is 0 Å². The van der Waals surface area contributed by atoms with Gasteiger partial charge in [0.15, 0.2) is 0 Å². The highest BCUT2D eigenvalue weighted by Gasteiger charge is 2.16. The van der Waals surface area contributed by atoms with E-state index in [0.29, 0.717) is 0 Å². The topological polar surface area (TPSA) is 15.3 Å². The first kappa shape index (κ1) is 15.3. The fraction of sp³-hybridized carbons (Fsp3) is 0.600. The van der Waals surface area contributed by atoms with E-state index in [1.165, 1.54) is 49.3 Å². The second-order valence-electron chi connectivity index (χ2n) is 5.29. The second kappa shape index (κ2) is 7.01. The fourth-order valence-corrected chi connectivity index (χ4v) is 2.70. The van der Waals surface area contributed by atoms with Gasteiger partial charge in [-0.25, -0.2) is 0 Å². The molecule has 1 aromatic rings. The molecular weight excluding hydrogens is 244 g/mol. The highest BCUT2D eigenvalue weighted by atomic mass is 35.5. The highest BCUT2D eigenvalue weighted by molar-refractivity contribution is 5.85. The Morgan fingerprint density at radius 1 is 1.22 bits per heavy atom. The molecule has 1 heterocycles. The van der Waals surface area contributed by atoms with E-state index in [1.54, 1.807) is 0 Å². The zero-order valence-corrected chi connectivity index (χ0v) is 12.5. The van der Waals surface area contributed by atoms with Crippen molar-refractivity contribution in [3.05, 3.63) is 29.3 Å². The molecule has 0 aromatic heterocycles. The lowest BCUT2D eigenvalue weighted by Crippen LogP contribution is -2.34. The lowest BCUT2D eigenvalue weighted by atomic mass is 9.97. The van der Waals surface area contributed by atoms with Crippen molar-refractivity contribution >= 4 is 18.1 Å². The number of nitrogens with zero attached hydrogens (tertiary/aromatic N) is 1. The van der Waals surface area contributed by atoms with Crippen LogP contribution in [0, 0.1) is 19.8 Å². The summed E-state index contributed by atoms with van der Waals surface area (Å²) in [6.07, 6.45) is 2.63. The molecule has 18 heavy (non-hydrogen) atoms. The quantitative estimate of drug-likeness (QED) is 0.906. The van der Waals surface area contributed by atoms with Crippen molar-refractivity contribution in [2.24, 2.45) is 5.92 Å². The first-order chi connectivity index (χ1) is 8.18. The Hall–Kier alpha value is -0.730. The van der Waals surface area contributed by atoms with Crippen LogP contribution in [0.1, 0.15) is 24.0 Å². The molecule has 2 nitrogen and oxygen atoms in total. The minimum Gasteiger partial charge on any atom is -0.374 e. The van der Waals surface area contributed by atoms with Gasteiger partial charge in [-0.1, -0.05) is 12.1 Å². The molecule has 1 aliphatic rings. The molecule has 1 N–H and O–H groups in total. The third-order valence-electron chi connectivity index (χ3n) is 3.98. The third-order valence-corrected chi connectivity index (χ3v) is 3.98. The lowest BCUT2D eigenvalue weighted by molar-refractivity contribution is 0.378. The van der Waals surface area contributed by atoms with E-state index in [-0.39, 0.29) is 12.4 Å². The van der Waals surface area contributed by atoms with Crippen molar-refractivity contribution in [3.63, 3.8) is 0 Å². The summed E-state index contributed by atoms with van der Waals surface area (Å²) < 4.78 is 0. The second-order valence-corrected chi connectivity index (χ2v) is 5.29. The van der Waals surface area contributed by atoms with Gasteiger partial charge in [0.25, 0.3) is 0 Å². The molecule has 102 valence electrons. The number of halogens is 1. The lowest BCUT2D eigenvalue weighted by Gasteiger charge is -2.30. The van der Waals surface area contributed by atoms with Crippen LogP contribution in [0.15, 0.2) is 18.2 Å². The normalized spacial score (nSPS) is 16.2. The largest absolute Gasteiger partial charge is 0.374 e. The monoisotopic (exact) mass is 268 g/mol. The van der Waals surface area contributed by atoms with Crippen molar-refractivity contribution in [1.82, 2.24) is 5.32 Å². The van der Waals surface area contributed by atoms with Crippen molar-refractivity contribution < 1.29 is 0 Å². The Labute approximate surface area is 117 Å². The maximum atomic E-state index is 3.43. The molecule has 1 aliphatic heterocycles. The minimum atomic E-state index is 0. The predicted octanol–water partition coefficient (Wildman–Crippen LogP) is 3.16. The summed E-state index contributed by atoms with van der Waals surface area (Å²) in [5, 5.41) is 3.43. The molecule has 1 aromatic carbocycles. The van der Waals surface area contributed by atoms with Crippen molar-refractivity contribution in [2.75, 3.05) is 31.6 Å². The zero-order valence-electron chi connectivity index (χ0n) is 11.7. The maximum absolute atomic E-state index is 3.43. The SMILES string of the molecule is Cc1cccc(N(C)CC2CCNCC2)c1C.Cl. The van der Waals surface area contributed by atoms with Crippen LogP contribution < -0.4 is 10.2 Å². The van der Waals surface area contributed by atoms with Gasteiger partial charge in [0.1, 0.15) is 0 Å². The molecule has 0 aliphatic carbocycles. The molecule has 1 saturated heterocycles. The summed E-state index contributed by atoms with van der Waals surface area (Å²) in [7, 11) is 2.23. The number of hydrogen-bond donors (Lipinski definition) is 1. The summed E-state index contributed by atoms with van der Waals surface area (Å²) in [6, 6.07) is 6.59. The van der Waals surface area contributed by atoms with Crippen molar-refractivity contribution in [1.29, 1.82) is 0 Å². The van der Waals surface area contributed by atoms with Gasteiger partial charge < -0.3 is 10.2 Å². The first-order valence-electron chi connectivity index (χ1n) is 6.66. The average molecular weight is 269 g/mol. The zero-order chi connectivity index (χ0) is 12.3. The Bertz CT molecular complexity index is 373. The fourth-order valence-electron chi connectivity index (χ4n) is 2.70. The summed E-state index contributed by atoms with van der Waals surface area (Å²) in [5.41, 5.74) is 4.20. The number of rotatable bonds is 3. The molecular formula is C15H25ClN2. The number of hydrogen-bond acceptors (Lipinski definition) is 2. The first-order valence-corrected chi connectivity index (χ1v) is 6.66. The van der Waals surface area contributed by atoms with Gasteiger partial charge >= 0.3 is 0 Å². The Balaban J connectivity index is 0.00000162. The molecule has 0 unspecified atom stereocenters. The van der Waals surface area contributed by atoms with Gasteiger partial charge in [-0.15, -0.1) is 12.4 Å². The summed E-state index contributed by atoms with van der Waals surface area (Å²) in [5.74, 6) is 0.848. The molecule has 0 bridgehead atoms. The Morgan fingerprint density at radius 2 is 1.89 bits per heavy atom. The molecule has 0 atom stereocenters. The number of benzene rings is 1. The van der Waals surface area contributed by atoms with Crippen molar-refractivity contribution in [2.45, 2.75) is 26.7 Å². The van der Waals surface area contributed by atoms with Crippen LogP contribution in [0.25, 0.3) is 0 Å². The average Bonchev–Trinajstić information content (AvgIpc) is 2.34. The smallest absolute Gasteiger partial charge is 0.0396 e. The number of anilines is 1. The van der Waals surface area contributed by atoms with Gasteiger partial charge in [-0.05, 0) is 62.9 Å². The Morgan fingerprint density at radius 3 is 2.56 bits per heavy atom. The molecule has 3 heteroatoms. The van der Waals surface area contributed by atoms with Gasteiger partial charge in [0.2, 0.25) is 0 Å². The minimum absolute atomic E-state index is 0. The van der Waals surface area contributed by atoms with E-state index in [1.807, 2.05) is 0 Å². The number of piperidine rings is 1. The van der Waals surface area contributed by atoms with Crippen LogP contribution in [-0.4, -0.2) is 26.7 Å². The van der Waals surface area contributed by atoms with Crippen LogP contribution in [-0.2, 0) is 0 Å². The molecule has 2 rings (SSSR count). The van der Waals surface area contributed by atoms with E-state index >= 15 is 0 Å². The summed E-state index contributed by atoms with van der Waals surface area (Å²) >= 11 is 0. The third kappa shape index (κ3) is 3.63. The van der Waals surface area contributed by atoms with Crippen LogP contribution in [0.3, 0.4) is 0 Å². The molecule has 0 saturated carbocycles. The molecule has 0 spiro atoms. The van der Waals surface area contributed by atoms with E-state index in [4.69, 9.17) is 0 Å². The van der Waals surface area contributed by atoms with E-state index in [0.717, 1.165) is 5.92 Å². The maximum Gasteiger partial charge on any atom is 0.0396 e. The van der Waals surface area contributed by atoms with Gasteiger partial charge in [-0.2, -0.15) is 0 Å². The molecule has 1 fully saturated rings. The summed E-state index contributed by atoms with van der Waals surface area (Å²) in [4.78, 5) is 2.43. The van der Waals surface area contributed by atoms with Gasteiger partial charge in [0.05, 0.1) is 0 Å². The molecule has 0 amide bonds. The predicted molar refractivity (Wildman–Crippen MR) is 82.0 cm³/mol. The van der Waals surface area contributed by atoms with Crippen LogP contribution in [0.5, 0.6) is 0 Å². The Kier molecular flexibility index (Phi) is 5.97. The van der Waals surface area contributed by atoms with Gasteiger partial charge in [-0.3, -0.25) is 0 Å². The van der Waals surface area contributed by atoms with Crippen LogP contribution in [0.4, 0.5) is 5.69 Å². The number of nitrogens with one attached hydrogen (secondary N) is 1. The van der Waals surface area contributed by atoms with Crippen LogP contribution in [0.2, 0.25) is 0 Å². The van der Waals surface area contributed by atoms with Gasteiger partial charge in [0, 0.05) is 19.3 Å². The number of aryl methyl sites for hydroxylation is 1. The molecule has 0 radical (unpaired) electrons. The van der Waals surface area contributed by atoms with E-state index < -0.39 is 0 Å². The van der Waals surface area contributed by atoms with Crippen LogP contribution >= 0.6 is 12.4 Å². The summed E-state index contributed by atoms with van der Waals surface area (Å²) in [6.45, 7) is 7.98. The van der Waals surface area contributed by atoms with Crippen molar-refractivity contribution in [3.8, 4) is 0 Å². The highest BCUT2D eigenvalue weighted by Crippen LogP contribution is 2.24. The van der Waals surface area contributed by atoms with E-state index in [2.05, 4.69) is 49.3 Å². The standard InChI is InChI=1S/C15H24N2.ClH/c1-12-5-4-6-15(13(12)2)17(3)11-14-7-9-16-10-8-14;/h4-6,14,16H,7-11H2,1-3H3;1H.